The van der Waals surface area contributed by atoms with Crippen molar-refractivity contribution in [1.82, 2.24) is 4.90 Å². The van der Waals surface area contributed by atoms with E-state index in [4.69, 9.17) is 5.73 Å². The SMILES string of the molecule is CC1CCCCC1.CN(Cc1ccccc1N)C1CCCCC1. The highest BCUT2D eigenvalue weighted by Crippen LogP contribution is 2.24. The van der Waals surface area contributed by atoms with Crippen LogP contribution in [0.5, 0.6) is 0 Å². The van der Waals surface area contributed by atoms with E-state index in [0.29, 0.717) is 0 Å². The van der Waals surface area contributed by atoms with Gasteiger partial charge in [0, 0.05) is 18.3 Å². The van der Waals surface area contributed by atoms with Gasteiger partial charge in [-0.05, 0) is 37.4 Å². The average molecular weight is 317 g/mol. The molecule has 3 rings (SSSR count). The lowest BCUT2D eigenvalue weighted by atomic mass is 9.91. The summed E-state index contributed by atoms with van der Waals surface area (Å²) in [6.45, 7) is 3.34. The van der Waals surface area contributed by atoms with Gasteiger partial charge in [-0.3, -0.25) is 4.90 Å². The van der Waals surface area contributed by atoms with Crippen molar-refractivity contribution in [2.24, 2.45) is 5.92 Å². The van der Waals surface area contributed by atoms with Crippen molar-refractivity contribution in [3.05, 3.63) is 29.8 Å². The van der Waals surface area contributed by atoms with Crippen LogP contribution >= 0.6 is 0 Å². The molecule has 0 amide bonds. The quantitative estimate of drug-likeness (QED) is 0.733. The Balaban J connectivity index is 0.000000229. The molecule has 0 aromatic heterocycles. The fraction of sp³-hybridized carbons (Fsp3) is 0.714. The molecular weight excluding hydrogens is 280 g/mol. The van der Waals surface area contributed by atoms with Crippen LogP contribution < -0.4 is 5.73 Å². The largest absolute Gasteiger partial charge is 0.398 e. The summed E-state index contributed by atoms with van der Waals surface area (Å²) < 4.78 is 0. The predicted octanol–water partition coefficient (Wildman–Crippen LogP) is 5.62. The summed E-state index contributed by atoms with van der Waals surface area (Å²) in [4.78, 5) is 2.46. The molecule has 2 aliphatic carbocycles. The second-order valence-electron chi connectivity index (χ2n) is 7.65. The fourth-order valence-corrected chi connectivity index (χ4v) is 3.90. The van der Waals surface area contributed by atoms with Crippen LogP contribution in [-0.4, -0.2) is 18.0 Å². The highest BCUT2D eigenvalue weighted by molar-refractivity contribution is 5.46. The van der Waals surface area contributed by atoms with E-state index in [1.807, 2.05) is 12.1 Å². The summed E-state index contributed by atoms with van der Waals surface area (Å²) in [5.41, 5.74) is 8.15. The van der Waals surface area contributed by atoms with Crippen molar-refractivity contribution in [2.45, 2.75) is 83.7 Å². The van der Waals surface area contributed by atoms with Crippen molar-refractivity contribution in [2.75, 3.05) is 12.8 Å². The highest BCUT2D eigenvalue weighted by atomic mass is 15.1. The van der Waals surface area contributed by atoms with E-state index in [-0.39, 0.29) is 0 Å². The van der Waals surface area contributed by atoms with Crippen molar-refractivity contribution >= 4 is 5.69 Å². The smallest absolute Gasteiger partial charge is 0.0359 e. The van der Waals surface area contributed by atoms with Gasteiger partial charge in [0.1, 0.15) is 0 Å². The summed E-state index contributed by atoms with van der Waals surface area (Å²) in [7, 11) is 2.22. The van der Waals surface area contributed by atoms with Crippen LogP contribution in [0.3, 0.4) is 0 Å². The molecule has 2 fully saturated rings. The maximum Gasteiger partial charge on any atom is 0.0359 e. The second kappa shape index (κ2) is 9.97. The standard InChI is InChI=1S/C14H22N2.C7H14/c1-16(13-8-3-2-4-9-13)11-12-7-5-6-10-14(12)15;1-7-5-3-2-4-6-7/h5-7,10,13H,2-4,8-9,11,15H2,1H3;7H,2-6H2,1H3. The van der Waals surface area contributed by atoms with E-state index < -0.39 is 0 Å². The molecule has 0 bridgehead atoms. The molecule has 2 N–H and O–H groups in total. The lowest BCUT2D eigenvalue weighted by Gasteiger charge is -2.31. The van der Waals surface area contributed by atoms with Gasteiger partial charge in [-0.25, -0.2) is 0 Å². The maximum atomic E-state index is 5.97. The van der Waals surface area contributed by atoms with Gasteiger partial charge in [0.25, 0.3) is 0 Å². The van der Waals surface area contributed by atoms with E-state index in [9.17, 15) is 0 Å². The van der Waals surface area contributed by atoms with Crippen LogP contribution in [0.4, 0.5) is 5.69 Å². The Morgan fingerprint density at radius 1 is 0.913 bits per heavy atom. The van der Waals surface area contributed by atoms with Crippen molar-refractivity contribution in [3.8, 4) is 0 Å². The molecule has 23 heavy (non-hydrogen) atoms. The summed E-state index contributed by atoms with van der Waals surface area (Å²) in [6.07, 6.45) is 14.3. The third-order valence-corrected chi connectivity index (χ3v) is 5.57. The van der Waals surface area contributed by atoms with Gasteiger partial charge in [0.2, 0.25) is 0 Å². The van der Waals surface area contributed by atoms with Crippen molar-refractivity contribution < 1.29 is 0 Å². The van der Waals surface area contributed by atoms with E-state index >= 15 is 0 Å². The minimum atomic E-state index is 0.758. The van der Waals surface area contributed by atoms with E-state index in [2.05, 4.69) is 31.0 Å². The number of nitrogens with zero attached hydrogens (tertiary/aromatic N) is 1. The first-order valence-electron chi connectivity index (χ1n) is 9.70. The molecule has 1 aromatic rings. The molecule has 1 aromatic carbocycles. The Labute approximate surface area is 143 Å². The predicted molar refractivity (Wildman–Crippen MR) is 101 cm³/mol. The van der Waals surface area contributed by atoms with Gasteiger partial charge < -0.3 is 5.73 Å². The fourth-order valence-electron chi connectivity index (χ4n) is 3.90. The first-order valence-corrected chi connectivity index (χ1v) is 9.70. The summed E-state index contributed by atoms with van der Waals surface area (Å²) >= 11 is 0. The molecule has 0 saturated heterocycles. The van der Waals surface area contributed by atoms with Crippen LogP contribution in [0, 0.1) is 5.92 Å². The molecule has 0 radical (unpaired) electrons. The lowest BCUT2D eigenvalue weighted by molar-refractivity contribution is 0.185. The topological polar surface area (TPSA) is 29.3 Å². The molecular formula is C21H36N2. The summed E-state index contributed by atoms with van der Waals surface area (Å²) in [5, 5.41) is 0. The second-order valence-corrected chi connectivity index (χ2v) is 7.65. The van der Waals surface area contributed by atoms with Gasteiger partial charge in [0.05, 0.1) is 0 Å². The first kappa shape index (κ1) is 18.3. The molecule has 0 aliphatic heterocycles. The first-order chi connectivity index (χ1) is 11.2. The Kier molecular flexibility index (Phi) is 7.94. The Hall–Kier alpha value is -1.02. The molecule has 0 heterocycles. The summed E-state index contributed by atoms with van der Waals surface area (Å²) in [5.74, 6) is 1.04. The third kappa shape index (κ3) is 6.55. The van der Waals surface area contributed by atoms with Crippen LogP contribution in [0.2, 0.25) is 0 Å². The van der Waals surface area contributed by atoms with E-state index in [1.165, 1.54) is 69.8 Å². The monoisotopic (exact) mass is 316 g/mol. The van der Waals surface area contributed by atoms with Gasteiger partial charge in [-0.2, -0.15) is 0 Å². The number of nitrogen functional groups attached to an aromatic ring is 1. The average Bonchev–Trinajstić information content (AvgIpc) is 2.59. The zero-order valence-electron chi connectivity index (χ0n) is 15.3. The Bertz CT molecular complexity index is 431. The van der Waals surface area contributed by atoms with Gasteiger partial charge in [-0.15, -0.1) is 0 Å². The normalized spacial score (nSPS) is 20.1. The highest BCUT2D eigenvalue weighted by Gasteiger charge is 2.18. The van der Waals surface area contributed by atoms with Gasteiger partial charge >= 0.3 is 0 Å². The Morgan fingerprint density at radius 3 is 2.00 bits per heavy atom. The lowest BCUT2D eigenvalue weighted by Crippen LogP contribution is -2.33. The number of rotatable bonds is 3. The zero-order chi connectivity index (χ0) is 16.5. The molecule has 130 valence electrons. The van der Waals surface area contributed by atoms with Crippen molar-refractivity contribution in [3.63, 3.8) is 0 Å². The third-order valence-electron chi connectivity index (χ3n) is 5.57. The number of para-hydroxylation sites is 1. The maximum absolute atomic E-state index is 5.97. The minimum absolute atomic E-state index is 0.758. The van der Waals surface area contributed by atoms with Gasteiger partial charge in [-0.1, -0.05) is 76.5 Å². The number of nitrogens with two attached hydrogens (primary N) is 1. The molecule has 2 nitrogen and oxygen atoms in total. The molecule has 0 atom stereocenters. The molecule has 2 heteroatoms. The molecule has 2 aliphatic rings. The number of benzene rings is 1. The molecule has 0 spiro atoms. The number of anilines is 1. The van der Waals surface area contributed by atoms with Gasteiger partial charge in [0.15, 0.2) is 0 Å². The number of hydrogen-bond acceptors (Lipinski definition) is 2. The van der Waals surface area contributed by atoms with Crippen molar-refractivity contribution in [1.29, 1.82) is 0 Å². The van der Waals surface area contributed by atoms with E-state index in [0.717, 1.165) is 24.2 Å². The molecule has 2 saturated carbocycles. The Morgan fingerprint density at radius 2 is 1.48 bits per heavy atom. The minimum Gasteiger partial charge on any atom is -0.398 e. The van der Waals surface area contributed by atoms with Crippen LogP contribution in [0.1, 0.15) is 76.7 Å². The summed E-state index contributed by atoms with van der Waals surface area (Å²) in [6, 6.07) is 8.95. The molecule has 0 unspecified atom stereocenters. The number of hydrogen-bond donors (Lipinski definition) is 1. The zero-order valence-corrected chi connectivity index (χ0v) is 15.3. The van der Waals surface area contributed by atoms with Crippen LogP contribution in [0.25, 0.3) is 0 Å². The van der Waals surface area contributed by atoms with Crippen LogP contribution in [-0.2, 0) is 6.54 Å². The van der Waals surface area contributed by atoms with E-state index in [1.54, 1.807) is 0 Å². The van der Waals surface area contributed by atoms with Crippen LogP contribution in [0.15, 0.2) is 24.3 Å².